The minimum atomic E-state index is -1.78. The van der Waals surface area contributed by atoms with E-state index in [0.29, 0.717) is 16.7 Å². The zero-order valence-corrected chi connectivity index (χ0v) is 25.2. The van der Waals surface area contributed by atoms with Crippen LogP contribution in [0.4, 0.5) is 4.79 Å². The van der Waals surface area contributed by atoms with Crippen LogP contribution in [-0.4, -0.2) is 66.5 Å². The molecule has 2 amide bonds. The fourth-order valence-corrected chi connectivity index (χ4v) is 6.03. The third kappa shape index (κ3) is 7.16. The smallest absolute Gasteiger partial charge is 0.419 e. The molecule has 1 saturated heterocycles. The lowest BCUT2D eigenvalue weighted by Gasteiger charge is -2.48. The van der Waals surface area contributed by atoms with Gasteiger partial charge >= 0.3 is 12.1 Å². The molecule has 3 heterocycles. The van der Waals surface area contributed by atoms with Crippen molar-refractivity contribution >= 4 is 70.4 Å². The molecule has 1 aromatic heterocycles. The molecular weight excluding hydrogens is 643 g/mol. The van der Waals surface area contributed by atoms with E-state index in [1.807, 2.05) is 60.7 Å². The average Bonchev–Trinajstić information content (AvgIpc) is 3.54. The van der Waals surface area contributed by atoms with Crippen molar-refractivity contribution in [3.05, 3.63) is 102 Å². The number of ether oxygens (including phenoxy) is 2. The highest BCUT2D eigenvalue weighted by atomic mass is 35.6. The van der Waals surface area contributed by atoms with E-state index < -0.39 is 51.7 Å². The fourth-order valence-electron chi connectivity index (χ4n) is 4.48. The number of hydroxylamine groups is 1. The molecule has 0 radical (unpaired) electrons. The maximum Gasteiger partial charge on any atom is 0.419 e. The van der Waals surface area contributed by atoms with Crippen molar-refractivity contribution in [2.45, 2.75) is 15.3 Å². The number of rotatable bonds is 9. The van der Waals surface area contributed by atoms with Gasteiger partial charge in [-0.25, -0.2) is 24.6 Å². The Kier molecular flexibility index (Phi) is 9.62. The number of nitrogens with zero attached hydrogens (tertiary/aromatic N) is 3. The molecular formula is C28H23Cl3N4O7S. The monoisotopic (exact) mass is 664 g/mol. The summed E-state index contributed by atoms with van der Waals surface area (Å²) in [5.74, 6) is -3.28. The van der Waals surface area contributed by atoms with Gasteiger partial charge in [-0.15, -0.1) is 11.8 Å². The third-order valence-corrected chi connectivity index (χ3v) is 8.11. The van der Waals surface area contributed by atoms with Gasteiger partial charge in [0, 0.05) is 23.7 Å². The van der Waals surface area contributed by atoms with Crippen LogP contribution in [0.3, 0.4) is 0 Å². The Morgan fingerprint density at radius 2 is 1.70 bits per heavy atom. The summed E-state index contributed by atoms with van der Waals surface area (Å²) in [6.45, 7) is -0.758. The molecule has 0 bridgehead atoms. The topological polar surface area (TPSA) is 129 Å². The number of esters is 1. The second kappa shape index (κ2) is 13.4. The number of aromatic nitrogens is 2. The van der Waals surface area contributed by atoms with Gasteiger partial charge in [0.25, 0.3) is 5.91 Å². The highest BCUT2D eigenvalue weighted by Gasteiger charge is 2.57. The Morgan fingerprint density at radius 1 is 1.05 bits per heavy atom. The number of hydrogen-bond acceptors (Lipinski definition) is 9. The van der Waals surface area contributed by atoms with Crippen molar-refractivity contribution in [1.82, 2.24) is 19.9 Å². The van der Waals surface area contributed by atoms with E-state index in [0.717, 1.165) is 4.57 Å². The van der Waals surface area contributed by atoms with E-state index in [4.69, 9.17) is 49.1 Å². The molecule has 2 atom stereocenters. The number of amides is 2. The van der Waals surface area contributed by atoms with Crippen molar-refractivity contribution in [2.75, 3.05) is 19.0 Å². The number of carbonyl (C=O) groups excluding carboxylic acids is 4. The zero-order chi connectivity index (χ0) is 30.6. The van der Waals surface area contributed by atoms with Crippen LogP contribution in [0, 0.1) is 5.92 Å². The maximum absolute atomic E-state index is 13.9. The first-order valence-corrected chi connectivity index (χ1v) is 14.9. The van der Waals surface area contributed by atoms with Gasteiger partial charge in [0.05, 0.1) is 0 Å². The van der Waals surface area contributed by atoms with Crippen LogP contribution in [0.1, 0.15) is 17.2 Å². The highest BCUT2D eigenvalue weighted by Crippen LogP contribution is 2.45. The summed E-state index contributed by atoms with van der Waals surface area (Å²) in [6, 6.07) is 18.2. The Balaban J connectivity index is 1.41. The minimum Gasteiger partial charge on any atom is -0.448 e. The molecule has 0 aliphatic carbocycles. The van der Waals surface area contributed by atoms with Gasteiger partial charge in [-0.05, 0) is 11.1 Å². The quantitative estimate of drug-likeness (QED) is 0.116. The number of carbonyl (C=O) groups is 4. The van der Waals surface area contributed by atoms with E-state index in [1.165, 1.54) is 35.4 Å². The SMILES string of the molecule is O=C(OC(c1ccccc1)c1ccccc1)C1=C(COC(=O)n2ccnc2)CSC2C(C(=O)NOCC(Cl)(Cl)Cl)C(=O)N12. The number of halogens is 3. The first-order chi connectivity index (χ1) is 20.6. The predicted molar refractivity (Wildman–Crippen MR) is 158 cm³/mol. The molecule has 5 rings (SSSR count). The number of alkyl halides is 3. The molecule has 1 N–H and O–H groups in total. The summed E-state index contributed by atoms with van der Waals surface area (Å²) in [7, 11) is 0. The normalized spacial score (nSPS) is 18.1. The van der Waals surface area contributed by atoms with Crippen LogP contribution in [0.25, 0.3) is 0 Å². The Morgan fingerprint density at radius 3 is 2.28 bits per heavy atom. The molecule has 224 valence electrons. The summed E-state index contributed by atoms with van der Waals surface area (Å²) in [6.07, 6.45) is 2.56. The largest absolute Gasteiger partial charge is 0.448 e. The van der Waals surface area contributed by atoms with E-state index in [-0.39, 0.29) is 18.1 Å². The molecule has 2 aliphatic rings. The summed E-state index contributed by atoms with van der Waals surface area (Å²) >= 11 is 18.2. The van der Waals surface area contributed by atoms with Crippen molar-refractivity contribution in [3.63, 3.8) is 0 Å². The van der Waals surface area contributed by atoms with Crippen LogP contribution < -0.4 is 5.48 Å². The van der Waals surface area contributed by atoms with Gasteiger partial charge in [0.2, 0.25) is 9.70 Å². The van der Waals surface area contributed by atoms with E-state index in [9.17, 15) is 19.2 Å². The molecule has 2 aromatic carbocycles. The minimum absolute atomic E-state index is 0.102. The molecule has 3 aromatic rings. The number of hydrogen-bond donors (Lipinski definition) is 1. The summed E-state index contributed by atoms with van der Waals surface area (Å²) < 4.78 is 10.8. The van der Waals surface area contributed by atoms with E-state index in [1.54, 1.807) is 0 Å². The van der Waals surface area contributed by atoms with Gasteiger partial charge in [0.1, 0.15) is 36.5 Å². The summed E-state index contributed by atoms with van der Waals surface area (Å²) in [5, 5.41) is -0.758. The van der Waals surface area contributed by atoms with Gasteiger partial charge in [0.15, 0.2) is 6.10 Å². The molecule has 0 saturated carbocycles. The van der Waals surface area contributed by atoms with Crippen LogP contribution >= 0.6 is 46.6 Å². The van der Waals surface area contributed by atoms with Crippen LogP contribution in [-0.2, 0) is 28.7 Å². The number of β-lactam (4-membered cyclic amide) rings is 1. The van der Waals surface area contributed by atoms with Crippen LogP contribution in [0.2, 0.25) is 0 Å². The first-order valence-electron chi connectivity index (χ1n) is 12.7. The number of fused-ring (bicyclic) bond motifs is 1. The Hall–Kier alpha value is -3.55. The molecule has 2 aliphatic heterocycles. The van der Waals surface area contributed by atoms with Gasteiger partial charge < -0.3 is 9.47 Å². The molecule has 1 fully saturated rings. The highest BCUT2D eigenvalue weighted by molar-refractivity contribution is 8.00. The van der Waals surface area contributed by atoms with Gasteiger partial charge in [-0.1, -0.05) is 95.5 Å². The number of thioether (sulfide) groups is 1. The summed E-state index contributed by atoms with van der Waals surface area (Å²) in [5.41, 5.74) is 3.77. The van der Waals surface area contributed by atoms with Gasteiger partial charge in [-0.3, -0.25) is 19.3 Å². The van der Waals surface area contributed by atoms with Crippen molar-refractivity contribution in [3.8, 4) is 0 Å². The number of imidazole rings is 1. The summed E-state index contributed by atoms with van der Waals surface area (Å²) in [4.78, 5) is 62.5. The number of nitrogens with one attached hydrogen (secondary N) is 1. The molecule has 0 spiro atoms. The lowest BCUT2D eigenvalue weighted by atomic mass is 9.94. The second-order valence-corrected chi connectivity index (χ2v) is 13.0. The van der Waals surface area contributed by atoms with Gasteiger partial charge in [-0.2, -0.15) is 0 Å². The fraction of sp³-hybridized carbons (Fsp3) is 0.250. The molecule has 11 nitrogen and oxygen atoms in total. The first kappa shape index (κ1) is 30.9. The van der Waals surface area contributed by atoms with Crippen LogP contribution in [0.15, 0.2) is 90.7 Å². The predicted octanol–water partition coefficient (Wildman–Crippen LogP) is 4.40. The molecule has 15 heteroatoms. The van der Waals surface area contributed by atoms with Crippen molar-refractivity contribution < 1.29 is 33.5 Å². The lowest BCUT2D eigenvalue weighted by Crippen LogP contribution is -2.65. The van der Waals surface area contributed by atoms with E-state index >= 15 is 0 Å². The molecule has 2 unspecified atom stereocenters. The zero-order valence-electron chi connectivity index (χ0n) is 22.1. The Bertz CT molecular complexity index is 1480. The average molecular weight is 666 g/mol. The maximum atomic E-state index is 13.9. The van der Waals surface area contributed by atoms with Crippen LogP contribution in [0.5, 0.6) is 0 Å². The van der Waals surface area contributed by atoms with Crippen molar-refractivity contribution in [1.29, 1.82) is 0 Å². The Labute approximate surface area is 265 Å². The standard InChI is InChI=1S/C28H23Cl3N4O7S/c29-28(30,31)15-41-33-23(36)20-24(37)35-21(19(14-43-25(20)35)13-40-27(39)34-12-11-32-16-34)26(38)42-22(17-7-3-1-4-8-17)18-9-5-2-6-10-18/h1-12,16,20,22,25H,13-15H2,(H,33,36). The number of benzene rings is 2. The lowest BCUT2D eigenvalue weighted by molar-refractivity contribution is -0.163. The van der Waals surface area contributed by atoms with E-state index in [2.05, 4.69) is 10.5 Å². The third-order valence-electron chi connectivity index (χ3n) is 6.45. The molecule has 43 heavy (non-hydrogen) atoms. The second-order valence-electron chi connectivity index (χ2n) is 9.34. The van der Waals surface area contributed by atoms with Crippen molar-refractivity contribution in [2.24, 2.45) is 5.92 Å².